The highest BCUT2D eigenvalue weighted by molar-refractivity contribution is 5.46. The van der Waals surface area contributed by atoms with Crippen molar-refractivity contribution in [1.29, 1.82) is 5.41 Å². The summed E-state index contributed by atoms with van der Waals surface area (Å²) in [6.45, 7) is 2.69. The van der Waals surface area contributed by atoms with Crippen molar-refractivity contribution in [3.05, 3.63) is 0 Å². The number of aliphatic hydroxyl groups is 1. The molecule has 0 amide bonds. The fourth-order valence-corrected chi connectivity index (χ4v) is 2.15. The van der Waals surface area contributed by atoms with Crippen LogP contribution in [-0.4, -0.2) is 56.2 Å². The van der Waals surface area contributed by atoms with Gasteiger partial charge in [0.1, 0.15) is 0 Å². The van der Waals surface area contributed by atoms with Crippen LogP contribution in [0.4, 0.5) is 0 Å². The SMILES string of the molecule is CNC(CO)CC1CCCN(C)C1.N=CN. The van der Waals surface area contributed by atoms with Gasteiger partial charge in [0.05, 0.1) is 12.9 Å². The molecule has 0 aliphatic carbocycles. The molecule has 1 heterocycles. The number of hydrogen-bond acceptors (Lipinski definition) is 4. The maximum Gasteiger partial charge on any atom is 0.0765 e. The van der Waals surface area contributed by atoms with Gasteiger partial charge in [0.25, 0.3) is 0 Å². The molecule has 16 heavy (non-hydrogen) atoms. The maximum atomic E-state index is 9.05. The second kappa shape index (κ2) is 9.57. The normalized spacial score (nSPS) is 23.1. The Hall–Kier alpha value is -0.650. The molecular formula is C11H26N4O. The molecule has 2 unspecified atom stereocenters. The predicted molar refractivity (Wildman–Crippen MR) is 67.7 cm³/mol. The highest BCUT2D eigenvalue weighted by Crippen LogP contribution is 2.19. The van der Waals surface area contributed by atoms with E-state index in [1.807, 2.05) is 7.05 Å². The van der Waals surface area contributed by atoms with Gasteiger partial charge >= 0.3 is 0 Å². The highest BCUT2D eigenvalue weighted by Gasteiger charge is 2.19. The van der Waals surface area contributed by atoms with Crippen LogP contribution >= 0.6 is 0 Å². The number of nitrogens with one attached hydrogen (secondary N) is 2. The lowest BCUT2D eigenvalue weighted by Gasteiger charge is -2.31. The molecule has 1 aliphatic rings. The van der Waals surface area contributed by atoms with Crippen LogP contribution in [0.2, 0.25) is 0 Å². The molecule has 1 saturated heterocycles. The van der Waals surface area contributed by atoms with E-state index >= 15 is 0 Å². The molecule has 1 rings (SSSR count). The topological polar surface area (TPSA) is 85.4 Å². The summed E-state index contributed by atoms with van der Waals surface area (Å²) < 4.78 is 0. The van der Waals surface area contributed by atoms with Crippen molar-refractivity contribution in [1.82, 2.24) is 10.2 Å². The van der Waals surface area contributed by atoms with E-state index < -0.39 is 0 Å². The van der Waals surface area contributed by atoms with Crippen molar-refractivity contribution in [2.45, 2.75) is 25.3 Å². The fourth-order valence-electron chi connectivity index (χ4n) is 2.15. The number of likely N-dealkylation sites (N-methyl/N-ethyl adjacent to an activating group) is 1. The summed E-state index contributed by atoms with van der Waals surface area (Å²) >= 11 is 0. The average molecular weight is 230 g/mol. The molecule has 5 N–H and O–H groups in total. The Balaban J connectivity index is 0.000000673. The molecular weight excluding hydrogens is 204 g/mol. The summed E-state index contributed by atoms with van der Waals surface area (Å²) in [5, 5.41) is 18.1. The summed E-state index contributed by atoms with van der Waals surface area (Å²) in [6.07, 6.45) is 4.49. The van der Waals surface area contributed by atoms with Crippen LogP contribution in [0.15, 0.2) is 0 Å². The number of rotatable bonds is 4. The Bertz CT molecular complexity index is 173. The third kappa shape index (κ3) is 6.76. The first-order valence-corrected chi connectivity index (χ1v) is 5.85. The van der Waals surface area contributed by atoms with Crippen LogP contribution in [0.3, 0.4) is 0 Å². The second-order valence-corrected chi connectivity index (χ2v) is 4.34. The lowest BCUT2D eigenvalue weighted by atomic mass is 9.92. The number of nitrogens with two attached hydrogens (primary N) is 1. The van der Waals surface area contributed by atoms with Crippen LogP contribution in [-0.2, 0) is 0 Å². The molecule has 1 fully saturated rings. The Morgan fingerprint density at radius 3 is 2.75 bits per heavy atom. The molecule has 2 atom stereocenters. The molecule has 0 radical (unpaired) electrons. The Morgan fingerprint density at radius 1 is 1.69 bits per heavy atom. The molecule has 0 saturated carbocycles. The smallest absolute Gasteiger partial charge is 0.0765 e. The van der Waals surface area contributed by atoms with Crippen molar-refractivity contribution in [2.24, 2.45) is 11.7 Å². The van der Waals surface area contributed by atoms with E-state index in [-0.39, 0.29) is 12.6 Å². The van der Waals surface area contributed by atoms with E-state index in [1.165, 1.54) is 25.9 Å². The summed E-state index contributed by atoms with van der Waals surface area (Å²) in [7, 11) is 4.10. The van der Waals surface area contributed by atoms with E-state index in [9.17, 15) is 0 Å². The number of hydrogen-bond donors (Lipinski definition) is 4. The first kappa shape index (κ1) is 15.3. The van der Waals surface area contributed by atoms with Gasteiger partial charge in [0.2, 0.25) is 0 Å². The fraction of sp³-hybridized carbons (Fsp3) is 0.909. The molecule has 1 aliphatic heterocycles. The van der Waals surface area contributed by atoms with Gasteiger partial charge in [-0.05, 0) is 45.8 Å². The monoisotopic (exact) mass is 230 g/mol. The zero-order valence-electron chi connectivity index (χ0n) is 10.4. The van der Waals surface area contributed by atoms with E-state index in [0.717, 1.165) is 18.7 Å². The molecule has 96 valence electrons. The quantitative estimate of drug-likeness (QED) is 0.400. The maximum absolute atomic E-state index is 9.05. The Kier molecular flexibility index (Phi) is 9.18. The lowest BCUT2D eigenvalue weighted by molar-refractivity contribution is 0.167. The summed E-state index contributed by atoms with van der Waals surface area (Å²) in [5.74, 6) is 0.767. The zero-order valence-corrected chi connectivity index (χ0v) is 10.4. The number of aliphatic hydroxyl groups excluding tert-OH is 1. The molecule has 0 aromatic carbocycles. The number of nitrogens with zero attached hydrogens (tertiary/aromatic N) is 1. The summed E-state index contributed by atoms with van der Waals surface area (Å²) in [4.78, 5) is 2.39. The first-order chi connectivity index (χ1) is 7.67. The Morgan fingerprint density at radius 2 is 2.31 bits per heavy atom. The van der Waals surface area contributed by atoms with Gasteiger partial charge in [-0.25, -0.2) is 0 Å². The summed E-state index contributed by atoms with van der Waals surface area (Å²) in [5.41, 5.74) is 4.39. The van der Waals surface area contributed by atoms with Gasteiger partial charge in [-0.2, -0.15) is 0 Å². The van der Waals surface area contributed by atoms with E-state index in [4.69, 9.17) is 10.5 Å². The van der Waals surface area contributed by atoms with E-state index in [1.54, 1.807) is 0 Å². The van der Waals surface area contributed by atoms with E-state index in [2.05, 4.69) is 23.0 Å². The minimum absolute atomic E-state index is 0.261. The third-order valence-corrected chi connectivity index (χ3v) is 2.97. The zero-order chi connectivity index (χ0) is 12.4. The van der Waals surface area contributed by atoms with Crippen molar-refractivity contribution in [3.8, 4) is 0 Å². The van der Waals surface area contributed by atoms with Gasteiger partial charge in [-0.3, -0.25) is 5.41 Å². The molecule has 0 aromatic heterocycles. The second-order valence-electron chi connectivity index (χ2n) is 4.34. The molecule has 0 bridgehead atoms. The number of likely N-dealkylation sites (tertiary alicyclic amines) is 1. The van der Waals surface area contributed by atoms with Gasteiger partial charge in [-0.15, -0.1) is 0 Å². The van der Waals surface area contributed by atoms with Crippen molar-refractivity contribution in [3.63, 3.8) is 0 Å². The predicted octanol–water partition coefficient (Wildman–Crippen LogP) is -0.149. The minimum atomic E-state index is 0.261. The standard InChI is InChI=1S/C10H22N2O.CH4N2/c1-11-10(8-13)6-9-4-3-5-12(2)7-9;2-1-3/h9-11,13H,3-8H2,1-2H3;1H,(H3,2,3). The van der Waals surface area contributed by atoms with Crippen molar-refractivity contribution in [2.75, 3.05) is 33.8 Å². The van der Waals surface area contributed by atoms with Gasteiger partial charge in [0, 0.05) is 12.6 Å². The molecule has 5 nitrogen and oxygen atoms in total. The molecule has 5 heteroatoms. The highest BCUT2D eigenvalue weighted by atomic mass is 16.3. The van der Waals surface area contributed by atoms with Crippen LogP contribution < -0.4 is 11.1 Å². The van der Waals surface area contributed by atoms with E-state index in [0.29, 0.717) is 0 Å². The van der Waals surface area contributed by atoms with Crippen LogP contribution in [0.25, 0.3) is 0 Å². The molecule has 0 aromatic rings. The average Bonchev–Trinajstić information content (AvgIpc) is 2.27. The van der Waals surface area contributed by atoms with Crippen LogP contribution in [0.1, 0.15) is 19.3 Å². The van der Waals surface area contributed by atoms with Gasteiger partial charge < -0.3 is 21.1 Å². The van der Waals surface area contributed by atoms with Crippen LogP contribution in [0.5, 0.6) is 0 Å². The first-order valence-electron chi connectivity index (χ1n) is 5.85. The summed E-state index contributed by atoms with van der Waals surface area (Å²) in [6, 6.07) is 0.288. The molecule has 0 spiro atoms. The van der Waals surface area contributed by atoms with Crippen molar-refractivity contribution >= 4 is 6.34 Å². The number of piperidine rings is 1. The third-order valence-electron chi connectivity index (χ3n) is 2.97. The largest absolute Gasteiger partial charge is 0.395 e. The Labute approximate surface area is 98.5 Å². The lowest BCUT2D eigenvalue weighted by Crippen LogP contribution is -2.38. The minimum Gasteiger partial charge on any atom is -0.395 e. The van der Waals surface area contributed by atoms with Crippen LogP contribution in [0, 0.1) is 11.3 Å². The van der Waals surface area contributed by atoms with Gasteiger partial charge in [-0.1, -0.05) is 0 Å². The van der Waals surface area contributed by atoms with Crippen molar-refractivity contribution < 1.29 is 5.11 Å². The van der Waals surface area contributed by atoms with Gasteiger partial charge in [0.15, 0.2) is 0 Å².